The number of nitriles is 1. The molecule has 2 rings (SSSR count). The third-order valence-corrected chi connectivity index (χ3v) is 2.78. The fourth-order valence-electron chi connectivity index (χ4n) is 1.39. The molecule has 0 aliphatic heterocycles. The number of nitrogens with zero attached hydrogens (tertiary/aromatic N) is 4. The van der Waals surface area contributed by atoms with Gasteiger partial charge >= 0.3 is 0 Å². The third kappa shape index (κ3) is 1.64. The first-order chi connectivity index (χ1) is 7.24. The van der Waals surface area contributed by atoms with Crippen LogP contribution in [0.1, 0.15) is 5.69 Å². The lowest BCUT2D eigenvalue weighted by atomic mass is 10.2. The van der Waals surface area contributed by atoms with Crippen molar-refractivity contribution in [3.05, 3.63) is 34.7 Å². The van der Waals surface area contributed by atoms with Gasteiger partial charge in [-0.1, -0.05) is 0 Å². The first kappa shape index (κ1) is 9.87. The minimum Gasteiger partial charge on any atom is -0.265 e. The van der Waals surface area contributed by atoms with Gasteiger partial charge in [0.2, 0.25) is 0 Å². The van der Waals surface area contributed by atoms with E-state index in [1.807, 2.05) is 18.2 Å². The van der Waals surface area contributed by atoms with Crippen LogP contribution in [0.15, 0.2) is 29.0 Å². The highest BCUT2D eigenvalue weighted by Crippen LogP contribution is 2.29. The lowest BCUT2D eigenvalue weighted by molar-refractivity contribution is 0.770. The van der Waals surface area contributed by atoms with Crippen LogP contribution < -0.4 is 0 Å². The van der Waals surface area contributed by atoms with Gasteiger partial charge in [0, 0.05) is 25.0 Å². The zero-order valence-corrected chi connectivity index (χ0v) is 9.56. The minimum absolute atomic E-state index is 0.386. The molecule has 4 nitrogen and oxygen atoms in total. The smallest absolute Gasteiger partial charge is 0.177 e. The molecular formula is C10H7BrN4. The molecule has 0 atom stereocenters. The molecule has 0 spiro atoms. The number of halogens is 1. The molecule has 2 heterocycles. The first-order valence-corrected chi connectivity index (χ1v) is 5.06. The average molecular weight is 263 g/mol. The quantitative estimate of drug-likeness (QED) is 0.791. The van der Waals surface area contributed by atoms with Crippen LogP contribution in [0.5, 0.6) is 0 Å². The Balaban J connectivity index is 2.65. The summed E-state index contributed by atoms with van der Waals surface area (Å²) in [5.41, 5.74) is 2.18. The standard InChI is InChI=1S/C10H7BrN4/c1-15-10(7-3-2-4-13-6-7)9(11)8(5-12)14-15/h2-4,6H,1H3. The van der Waals surface area contributed by atoms with Crippen LogP contribution in [-0.2, 0) is 7.05 Å². The van der Waals surface area contributed by atoms with E-state index in [1.54, 1.807) is 24.1 Å². The van der Waals surface area contributed by atoms with Crippen molar-refractivity contribution in [2.24, 2.45) is 7.05 Å². The molecule has 0 bridgehead atoms. The normalized spacial score (nSPS) is 9.93. The van der Waals surface area contributed by atoms with Crippen LogP contribution in [0.4, 0.5) is 0 Å². The number of aromatic nitrogens is 3. The van der Waals surface area contributed by atoms with Crippen molar-refractivity contribution in [2.75, 3.05) is 0 Å². The maximum atomic E-state index is 8.83. The van der Waals surface area contributed by atoms with Gasteiger partial charge < -0.3 is 0 Å². The molecule has 15 heavy (non-hydrogen) atoms. The molecule has 0 saturated heterocycles. The van der Waals surface area contributed by atoms with Gasteiger partial charge in [0.1, 0.15) is 6.07 Å². The van der Waals surface area contributed by atoms with Crippen molar-refractivity contribution in [3.8, 4) is 17.3 Å². The Morgan fingerprint density at radius 2 is 2.33 bits per heavy atom. The molecule has 2 aromatic heterocycles. The number of aryl methyl sites for hydroxylation is 1. The Bertz CT molecular complexity index is 524. The molecule has 0 aliphatic carbocycles. The summed E-state index contributed by atoms with van der Waals surface area (Å²) in [6.45, 7) is 0. The van der Waals surface area contributed by atoms with Crippen LogP contribution in [0.3, 0.4) is 0 Å². The Hall–Kier alpha value is -1.67. The second-order valence-corrected chi connectivity index (χ2v) is 3.78. The van der Waals surface area contributed by atoms with Gasteiger partial charge in [0.05, 0.1) is 10.2 Å². The molecule has 0 aliphatic rings. The average Bonchev–Trinajstić information content (AvgIpc) is 2.55. The summed E-state index contributed by atoms with van der Waals surface area (Å²) in [5.74, 6) is 0. The highest BCUT2D eigenvalue weighted by molar-refractivity contribution is 9.10. The summed E-state index contributed by atoms with van der Waals surface area (Å²) in [6.07, 6.45) is 3.45. The molecule has 0 amide bonds. The third-order valence-electron chi connectivity index (χ3n) is 2.03. The molecule has 0 aromatic carbocycles. The van der Waals surface area contributed by atoms with Crippen LogP contribution in [0.25, 0.3) is 11.3 Å². The van der Waals surface area contributed by atoms with Crippen LogP contribution in [-0.4, -0.2) is 14.8 Å². The summed E-state index contributed by atoms with van der Waals surface area (Å²) in [5, 5.41) is 12.9. The van der Waals surface area contributed by atoms with Crippen molar-refractivity contribution < 1.29 is 0 Å². The zero-order valence-electron chi connectivity index (χ0n) is 7.98. The summed E-state index contributed by atoms with van der Waals surface area (Å²) in [6, 6.07) is 5.80. The van der Waals surface area contributed by atoms with E-state index < -0.39 is 0 Å². The second-order valence-electron chi connectivity index (χ2n) is 2.99. The van der Waals surface area contributed by atoms with Crippen molar-refractivity contribution >= 4 is 15.9 Å². The fourth-order valence-corrected chi connectivity index (χ4v) is 2.04. The molecule has 0 saturated carbocycles. The molecule has 0 N–H and O–H groups in total. The van der Waals surface area contributed by atoms with E-state index in [2.05, 4.69) is 26.0 Å². The molecule has 0 fully saturated rings. The highest BCUT2D eigenvalue weighted by Gasteiger charge is 2.14. The zero-order chi connectivity index (χ0) is 10.8. The largest absolute Gasteiger partial charge is 0.265 e. The van der Waals surface area contributed by atoms with Gasteiger partial charge in [-0.15, -0.1) is 0 Å². The van der Waals surface area contributed by atoms with Gasteiger partial charge in [0.15, 0.2) is 5.69 Å². The van der Waals surface area contributed by atoms with Crippen molar-refractivity contribution in [1.29, 1.82) is 5.26 Å². The van der Waals surface area contributed by atoms with Gasteiger partial charge in [-0.05, 0) is 28.1 Å². The predicted molar refractivity (Wildman–Crippen MR) is 58.9 cm³/mol. The molecular weight excluding hydrogens is 256 g/mol. The summed E-state index contributed by atoms with van der Waals surface area (Å²) < 4.78 is 2.38. The number of rotatable bonds is 1. The van der Waals surface area contributed by atoms with E-state index in [9.17, 15) is 0 Å². The summed E-state index contributed by atoms with van der Waals surface area (Å²) in [4.78, 5) is 4.03. The number of pyridine rings is 1. The summed E-state index contributed by atoms with van der Waals surface area (Å²) in [7, 11) is 1.80. The Morgan fingerprint density at radius 1 is 1.53 bits per heavy atom. The van der Waals surface area contributed by atoms with Gasteiger partial charge in [-0.2, -0.15) is 10.4 Å². The molecule has 0 unspecified atom stereocenters. The SMILES string of the molecule is Cn1nc(C#N)c(Br)c1-c1cccnc1. The van der Waals surface area contributed by atoms with Gasteiger partial charge in [-0.3, -0.25) is 9.67 Å². The molecule has 5 heteroatoms. The Morgan fingerprint density at radius 3 is 2.87 bits per heavy atom. The van der Waals surface area contributed by atoms with Crippen LogP contribution in [0, 0.1) is 11.3 Å². The number of hydrogen-bond acceptors (Lipinski definition) is 3. The Kier molecular flexibility index (Phi) is 2.52. The summed E-state index contributed by atoms with van der Waals surface area (Å²) >= 11 is 3.37. The molecule has 2 aromatic rings. The van der Waals surface area contributed by atoms with Crippen LogP contribution in [0.2, 0.25) is 0 Å². The van der Waals surface area contributed by atoms with E-state index in [1.165, 1.54) is 0 Å². The van der Waals surface area contributed by atoms with E-state index in [4.69, 9.17) is 5.26 Å². The topological polar surface area (TPSA) is 54.5 Å². The highest BCUT2D eigenvalue weighted by atomic mass is 79.9. The molecule has 0 radical (unpaired) electrons. The fraction of sp³-hybridized carbons (Fsp3) is 0.100. The van der Waals surface area contributed by atoms with E-state index >= 15 is 0 Å². The lowest BCUT2D eigenvalue weighted by Gasteiger charge is -2.01. The number of hydrogen-bond donors (Lipinski definition) is 0. The van der Waals surface area contributed by atoms with Crippen LogP contribution >= 0.6 is 15.9 Å². The molecule has 74 valence electrons. The predicted octanol–water partition coefficient (Wildman–Crippen LogP) is 2.12. The van der Waals surface area contributed by atoms with Gasteiger partial charge in [-0.25, -0.2) is 0 Å². The maximum absolute atomic E-state index is 8.83. The van der Waals surface area contributed by atoms with Crippen molar-refractivity contribution in [2.45, 2.75) is 0 Å². The van der Waals surface area contributed by atoms with E-state index in [0.717, 1.165) is 11.3 Å². The first-order valence-electron chi connectivity index (χ1n) is 4.27. The van der Waals surface area contributed by atoms with E-state index in [-0.39, 0.29) is 0 Å². The lowest BCUT2D eigenvalue weighted by Crippen LogP contribution is -1.94. The minimum atomic E-state index is 0.386. The van der Waals surface area contributed by atoms with Crippen molar-refractivity contribution in [1.82, 2.24) is 14.8 Å². The monoisotopic (exact) mass is 262 g/mol. The van der Waals surface area contributed by atoms with Gasteiger partial charge in [0.25, 0.3) is 0 Å². The van der Waals surface area contributed by atoms with E-state index in [0.29, 0.717) is 10.2 Å². The maximum Gasteiger partial charge on any atom is 0.177 e. The van der Waals surface area contributed by atoms with Crippen molar-refractivity contribution in [3.63, 3.8) is 0 Å². The second kappa shape index (κ2) is 3.83. The Labute approximate surface area is 95.3 Å².